The first-order valence-corrected chi connectivity index (χ1v) is 9.21. The maximum Gasteiger partial charge on any atom is 0.0959 e. The molecular weight excluding hydrogens is 288 g/mol. The summed E-state index contributed by atoms with van der Waals surface area (Å²) in [5.74, 6) is 2.87. The van der Waals surface area contributed by atoms with E-state index in [1.54, 1.807) is 18.3 Å². The molecular formula is C20H30O3. The Morgan fingerprint density at radius 3 is 2.78 bits per heavy atom. The van der Waals surface area contributed by atoms with Crippen LogP contribution in [-0.2, 0) is 4.74 Å². The first-order valence-electron chi connectivity index (χ1n) is 9.21. The number of ether oxygens (including phenoxy) is 1. The summed E-state index contributed by atoms with van der Waals surface area (Å²) < 4.78 is 5.46. The summed E-state index contributed by atoms with van der Waals surface area (Å²) in [6, 6.07) is 0. The monoisotopic (exact) mass is 318 g/mol. The number of allylic oxidation sites excluding steroid dienone is 3. The van der Waals surface area contributed by atoms with E-state index < -0.39 is 11.7 Å². The third-order valence-electron chi connectivity index (χ3n) is 7.60. The standard InChI is InChI=1S/C20H30O3/c1-19-9-8-15-14-7-5-13(23-3)10-12(14)4-6-16(15)17(19)11-20(2,22)18(19)21/h5,15-18,21-22H,4,6-11H2,1-3H3/t15-,16-,17+,18-,19+,20+/m1/s1. The zero-order valence-corrected chi connectivity index (χ0v) is 14.6. The average Bonchev–Trinajstić information content (AvgIpc) is 2.73. The smallest absolute Gasteiger partial charge is 0.0959 e. The molecule has 0 aromatic rings. The third-order valence-corrected chi connectivity index (χ3v) is 7.60. The van der Waals surface area contributed by atoms with Crippen molar-refractivity contribution in [2.24, 2.45) is 23.2 Å². The molecule has 4 aliphatic carbocycles. The van der Waals surface area contributed by atoms with E-state index in [0.29, 0.717) is 17.8 Å². The van der Waals surface area contributed by atoms with Gasteiger partial charge in [0.15, 0.2) is 0 Å². The van der Waals surface area contributed by atoms with Gasteiger partial charge < -0.3 is 14.9 Å². The van der Waals surface area contributed by atoms with E-state index in [-0.39, 0.29) is 5.41 Å². The SMILES string of the molecule is COC1=CCC2=C(CC[C@@H]3[C@@H]2CC[C@]2(C)[C@@H](O)[C@@](C)(O)C[C@@H]32)C1. The number of methoxy groups -OCH3 is 1. The fourth-order valence-corrected chi connectivity index (χ4v) is 6.38. The van der Waals surface area contributed by atoms with E-state index >= 15 is 0 Å². The molecule has 0 aromatic heterocycles. The van der Waals surface area contributed by atoms with Crippen LogP contribution in [0.5, 0.6) is 0 Å². The highest BCUT2D eigenvalue weighted by molar-refractivity contribution is 5.33. The summed E-state index contributed by atoms with van der Waals surface area (Å²) in [6.45, 7) is 4.05. The molecule has 0 aromatic carbocycles. The minimum Gasteiger partial charge on any atom is -0.501 e. The highest BCUT2D eigenvalue weighted by atomic mass is 16.5. The Morgan fingerprint density at radius 2 is 2.04 bits per heavy atom. The maximum atomic E-state index is 10.7. The van der Waals surface area contributed by atoms with Crippen molar-refractivity contribution >= 4 is 0 Å². The molecule has 4 rings (SSSR count). The van der Waals surface area contributed by atoms with Crippen molar-refractivity contribution in [1.82, 2.24) is 0 Å². The van der Waals surface area contributed by atoms with E-state index in [9.17, 15) is 10.2 Å². The number of aliphatic hydroxyl groups excluding tert-OH is 1. The van der Waals surface area contributed by atoms with Crippen molar-refractivity contribution in [3.05, 3.63) is 23.0 Å². The number of hydrogen-bond acceptors (Lipinski definition) is 3. The van der Waals surface area contributed by atoms with Gasteiger partial charge in [0.1, 0.15) is 0 Å². The molecule has 2 N–H and O–H groups in total. The number of rotatable bonds is 1. The predicted molar refractivity (Wildman–Crippen MR) is 89.6 cm³/mol. The van der Waals surface area contributed by atoms with E-state index in [4.69, 9.17) is 4.74 Å². The molecule has 0 heterocycles. The lowest BCUT2D eigenvalue weighted by atomic mass is 9.54. The lowest BCUT2D eigenvalue weighted by Crippen LogP contribution is -2.47. The Kier molecular flexibility index (Phi) is 3.48. The van der Waals surface area contributed by atoms with Crippen LogP contribution < -0.4 is 0 Å². The van der Waals surface area contributed by atoms with Crippen LogP contribution in [0.3, 0.4) is 0 Å². The largest absolute Gasteiger partial charge is 0.501 e. The van der Waals surface area contributed by atoms with Crippen LogP contribution in [0.15, 0.2) is 23.0 Å². The van der Waals surface area contributed by atoms with Gasteiger partial charge in [-0.05, 0) is 74.7 Å². The molecule has 0 unspecified atom stereocenters. The second kappa shape index (κ2) is 5.10. The van der Waals surface area contributed by atoms with E-state index in [0.717, 1.165) is 31.4 Å². The second-order valence-electron chi connectivity index (χ2n) is 8.81. The molecule has 0 amide bonds. The Morgan fingerprint density at radius 1 is 1.26 bits per heavy atom. The minimum absolute atomic E-state index is 0.106. The van der Waals surface area contributed by atoms with Crippen LogP contribution in [0.1, 0.15) is 58.8 Å². The van der Waals surface area contributed by atoms with Gasteiger partial charge in [-0.15, -0.1) is 0 Å². The molecule has 4 aliphatic rings. The molecule has 0 saturated heterocycles. The molecule has 0 bridgehead atoms. The molecule has 23 heavy (non-hydrogen) atoms. The Labute approximate surface area is 139 Å². The molecule has 6 atom stereocenters. The molecule has 128 valence electrons. The van der Waals surface area contributed by atoms with Crippen LogP contribution in [0.4, 0.5) is 0 Å². The van der Waals surface area contributed by atoms with E-state index in [2.05, 4.69) is 13.0 Å². The van der Waals surface area contributed by atoms with Gasteiger partial charge in [0.2, 0.25) is 0 Å². The van der Waals surface area contributed by atoms with Gasteiger partial charge in [0.05, 0.1) is 24.6 Å². The third kappa shape index (κ3) is 2.16. The summed E-state index contributed by atoms with van der Waals surface area (Å²) in [5, 5.41) is 21.4. The molecule has 2 fully saturated rings. The van der Waals surface area contributed by atoms with Crippen molar-refractivity contribution < 1.29 is 14.9 Å². The van der Waals surface area contributed by atoms with Crippen LogP contribution in [0, 0.1) is 23.2 Å². The van der Waals surface area contributed by atoms with Crippen LogP contribution in [-0.4, -0.2) is 29.0 Å². The van der Waals surface area contributed by atoms with Gasteiger partial charge in [-0.2, -0.15) is 0 Å². The van der Waals surface area contributed by atoms with Crippen LogP contribution >= 0.6 is 0 Å². The van der Waals surface area contributed by atoms with Gasteiger partial charge in [-0.3, -0.25) is 0 Å². The minimum atomic E-state index is -0.918. The van der Waals surface area contributed by atoms with Gasteiger partial charge in [-0.25, -0.2) is 0 Å². The zero-order chi connectivity index (χ0) is 16.4. The fraction of sp³-hybridized carbons (Fsp3) is 0.800. The maximum absolute atomic E-state index is 10.7. The van der Waals surface area contributed by atoms with Gasteiger partial charge in [0, 0.05) is 6.42 Å². The summed E-state index contributed by atoms with van der Waals surface area (Å²) in [7, 11) is 1.77. The highest BCUT2D eigenvalue weighted by Crippen LogP contribution is 2.63. The molecule has 0 aliphatic heterocycles. The van der Waals surface area contributed by atoms with Gasteiger partial charge >= 0.3 is 0 Å². The second-order valence-corrected chi connectivity index (χ2v) is 8.81. The van der Waals surface area contributed by atoms with Crippen molar-refractivity contribution in [2.75, 3.05) is 7.11 Å². The zero-order valence-electron chi connectivity index (χ0n) is 14.6. The molecule has 3 heteroatoms. The lowest BCUT2D eigenvalue weighted by molar-refractivity contribution is -0.0922. The Hall–Kier alpha value is -0.800. The van der Waals surface area contributed by atoms with Gasteiger partial charge in [0.25, 0.3) is 0 Å². The Balaban J connectivity index is 1.63. The van der Waals surface area contributed by atoms with Crippen LogP contribution in [0.25, 0.3) is 0 Å². The average molecular weight is 318 g/mol. The predicted octanol–water partition coefficient (Wildman–Crippen LogP) is 3.57. The summed E-state index contributed by atoms with van der Waals surface area (Å²) >= 11 is 0. The van der Waals surface area contributed by atoms with Gasteiger partial charge in [-0.1, -0.05) is 18.1 Å². The molecule has 2 saturated carbocycles. The number of aliphatic hydroxyl groups is 2. The first-order chi connectivity index (χ1) is 10.9. The van der Waals surface area contributed by atoms with Crippen molar-refractivity contribution in [1.29, 1.82) is 0 Å². The molecule has 0 spiro atoms. The normalized spacial score (nSPS) is 49.2. The summed E-state index contributed by atoms with van der Waals surface area (Å²) in [5.41, 5.74) is 2.24. The van der Waals surface area contributed by atoms with Crippen molar-refractivity contribution in [2.45, 2.75) is 70.5 Å². The number of fused-ring (bicyclic) bond motifs is 4. The van der Waals surface area contributed by atoms with E-state index in [1.165, 1.54) is 19.3 Å². The topological polar surface area (TPSA) is 49.7 Å². The molecule has 3 nitrogen and oxygen atoms in total. The quantitative estimate of drug-likeness (QED) is 0.727. The first kappa shape index (κ1) is 15.7. The highest BCUT2D eigenvalue weighted by Gasteiger charge is 2.61. The Bertz CT molecular complexity index is 573. The van der Waals surface area contributed by atoms with Crippen LogP contribution in [0.2, 0.25) is 0 Å². The van der Waals surface area contributed by atoms with Crippen molar-refractivity contribution in [3.8, 4) is 0 Å². The van der Waals surface area contributed by atoms with Crippen molar-refractivity contribution in [3.63, 3.8) is 0 Å². The van der Waals surface area contributed by atoms with E-state index in [1.807, 2.05) is 6.92 Å². The summed E-state index contributed by atoms with van der Waals surface area (Å²) in [4.78, 5) is 0. The number of hydrogen-bond donors (Lipinski definition) is 2. The lowest BCUT2D eigenvalue weighted by Gasteiger charge is -2.51. The summed E-state index contributed by atoms with van der Waals surface area (Å²) in [6.07, 6.45) is 9.06. The fourth-order valence-electron chi connectivity index (χ4n) is 6.38. The molecule has 0 radical (unpaired) electrons.